The van der Waals surface area contributed by atoms with E-state index >= 15 is 0 Å². The third kappa shape index (κ3) is 2.24. The summed E-state index contributed by atoms with van der Waals surface area (Å²) >= 11 is 0. The van der Waals surface area contributed by atoms with E-state index < -0.39 is 23.9 Å². The third-order valence-corrected chi connectivity index (χ3v) is 3.49. The van der Waals surface area contributed by atoms with E-state index in [1.807, 2.05) is 0 Å². The number of rotatable bonds is 2. The van der Waals surface area contributed by atoms with Crippen LogP contribution >= 0.6 is 0 Å². The number of tetrazole rings is 1. The lowest BCUT2D eigenvalue weighted by Crippen LogP contribution is -2.54. The van der Waals surface area contributed by atoms with Gasteiger partial charge in [-0.05, 0) is 18.1 Å². The second kappa shape index (κ2) is 4.97. The molecule has 0 spiro atoms. The number of hydroxylamine groups is 2. The highest BCUT2D eigenvalue weighted by Gasteiger charge is 2.46. The molecule has 0 aliphatic carbocycles. The average Bonchev–Trinajstić information content (AvgIpc) is 3.10. The SMILES string of the molecule is O=C(NNC(=O)C1CCC2CN1C(=O)N2O)c1nn[nH]n1. The molecule has 12 heteroatoms. The molecule has 2 atom stereocenters. The highest BCUT2D eigenvalue weighted by molar-refractivity contribution is 5.93. The topological polar surface area (TPSA) is 156 Å². The van der Waals surface area contributed by atoms with Gasteiger partial charge < -0.3 is 4.90 Å². The van der Waals surface area contributed by atoms with Gasteiger partial charge in [-0.3, -0.25) is 25.6 Å². The summed E-state index contributed by atoms with van der Waals surface area (Å²) in [6.07, 6.45) is 0.910. The molecule has 2 aliphatic rings. The fourth-order valence-electron chi connectivity index (χ4n) is 2.44. The molecule has 0 saturated carbocycles. The standard InChI is InChI=1S/C9H12N8O4/c18-7(12-13-8(19)6-10-14-15-11-6)5-2-1-4-3-16(5)9(20)17(4)21/h4-5,21H,1-3H2,(H,12,18)(H,13,19)(H,10,11,14,15). The monoisotopic (exact) mass is 296 g/mol. The van der Waals surface area contributed by atoms with Crippen LogP contribution in [0.1, 0.15) is 23.5 Å². The van der Waals surface area contributed by atoms with Gasteiger partial charge in [-0.2, -0.15) is 5.21 Å². The van der Waals surface area contributed by atoms with Crippen LogP contribution < -0.4 is 10.9 Å². The fraction of sp³-hybridized carbons (Fsp3) is 0.556. The highest BCUT2D eigenvalue weighted by Crippen LogP contribution is 2.28. The van der Waals surface area contributed by atoms with Gasteiger partial charge >= 0.3 is 11.9 Å². The van der Waals surface area contributed by atoms with E-state index in [1.165, 1.54) is 4.90 Å². The lowest BCUT2D eigenvalue weighted by Gasteiger charge is -2.29. The molecule has 2 fully saturated rings. The molecule has 0 radical (unpaired) electrons. The molecule has 2 bridgehead atoms. The summed E-state index contributed by atoms with van der Waals surface area (Å²) in [6.45, 7) is 0.284. The van der Waals surface area contributed by atoms with Gasteiger partial charge in [0.05, 0.1) is 6.04 Å². The van der Waals surface area contributed by atoms with Crippen LogP contribution in [0.5, 0.6) is 0 Å². The summed E-state index contributed by atoms with van der Waals surface area (Å²) in [4.78, 5) is 36.6. The number of amides is 4. The Morgan fingerprint density at radius 1 is 1.33 bits per heavy atom. The molecule has 1 aromatic rings. The zero-order valence-corrected chi connectivity index (χ0v) is 10.7. The van der Waals surface area contributed by atoms with Crippen molar-refractivity contribution in [3.63, 3.8) is 0 Å². The Bertz CT molecular complexity index is 574. The van der Waals surface area contributed by atoms with Gasteiger partial charge in [0, 0.05) is 6.54 Å². The predicted octanol–water partition coefficient (Wildman–Crippen LogP) is -2.38. The summed E-state index contributed by atoms with van der Waals surface area (Å²) < 4.78 is 0. The largest absolute Gasteiger partial charge is 0.344 e. The summed E-state index contributed by atoms with van der Waals surface area (Å²) in [6, 6.07) is -1.63. The normalized spacial score (nSPS) is 24.1. The molecule has 1 aromatic heterocycles. The molecule has 4 N–H and O–H groups in total. The molecule has 2 saturated heterocycles. The van der Waals surface area contributed by atoms with Gasteiger partial charge in [0.15, 0.2) is 0 Å². The lowest BCUT2D eigenvalue weighted by molar-refractivity contribution is -0.126. The van der Waals surface area contributed by atoms with Crippen molar-refractivity contribution in [1.29, 1.82) is 0 Å². The van der Waals surface area contributed by atoms with E-state index in [4.69, 9.17) is 0 Å². The van der Waals surface area contributed by atoms with Gasteiger partial charge in [-0.1, -0.05) is 0 Å². The van der Waals surface area contributed by atoms with Crippen LogP contribution in [-0.2, 0) is 4.79 Å². The molecule has 2 aliphatic heterocycles. The maximum atomic E-state index is 12.0. The summed E-state index contributed by atoms with van der Waals surface area (Å²) in [5, 5.41) is 22.4. The Morgan fingerprint density at radius 3 is 2.86 bits per heavy atom. The number of nitrogens with one attached hydrogen (secondary N) is 3. The summed E-state index contributed by atoms with van der Waals surface area (Å²) in [5.41, 5.74) is 4.33. The smallest absolute Gasteiger partial charge is 0.309 e. The van der Waals surface area contributed by atoms with Gasteiger partial charge in [0.25, 0.3) is 11.7 Å². The molecule has 0 aromatic carbocycles. The number of aromatic amines is 1. The Hall–Kier alpha value is -2.76. The van der Waals surface area contributed by atoms with E-state index in [-0.39, 0.29) is 18.4 Å². The maximum absolute atomic E-state index is 12.0. The molecule has 3 rings (SSSR count). The number of fused-ring (bicyclic) bond motifs is 2. The Morgan fingerprint density at radius 2 is 2.14 bits per heavy atom. The van der Waals surface area contributed by atoms with Crippen LogP contribution in [-0.4, -0.2) is 72.3 Å². The van der Waals surface area contributed by atoms with Gasteiger partial charge in [0.1, 0.15) is 6.04 Å². The van der Waals surface area contributed by atoms with E-state index in [0.29, 0.717) is 17.9 Å². The number of carbonyl (C=O) groups is 3. The lowest BCUT2D eigenvalue weighted by atomic mass is 10.0. The van der Waals surface area contributed by atoms with E-state index in [9.17, 15) is 19.6 Å². The summed E-state index contributed by atoms with van der Waals surface area (Å²) in [5.74, 6) is -1.51. The van der Waals surface area contributed by atoms with Gasteiger partial charge in [-0.25, -0.2) is 9.86 Å². The van der Waals surface area contributed by atoms with Crippen LogP contribution in [0.2, 0.25) is 0 Å². The molecular weight excluding hydrogens is 284 g/mol. The molecular formula is C9H12N8O4. The summed E-state index contributed by atoms with van der Waals surface area (Å²) in [7, 11) is 0. The first-order chi connectivity index (χ1) is 10.1. The van der Waals surface area contributed by atoms with Crippen LogP contribution in [0.25, 0.3) is 0 Å². The van der Waals surface area contributed by atoms with Crippen molar-refractivity contribution in [2.75, 3.05) is 6.54 Å². The van der Waals surface area contributed by atoms with Gasteiger partial charge in [-0.15, -0.1) is 10.2 Å². The van der Waals surface area contributed by atoms with Crippen molar-refractivity contribution in [2.24, 2.45) is 0 Å². The molecule has 4 amide bonds. The number of urea groups is 1. The Labute approximate surface area is 117 Å². The first-order valence-electron chi connectivity index (χ1n) is 6.20. The molecule has 112 valence electrons. The van der Waals surface area contributed by atoms with Crippen molar-refractivity contribution in [3.05, 3.63) is 5.82 Å². The van der Waals surface area contributed by atoms with Crippen LogP contribution in [0.4, 0.5) is 4.79 Å². The second-order valence-corrected chi connectivity index (χ2v) is 4.71. The van der Waals surface area contributed by atoms with E-state index in [0.717, 1.165) is 0 Å². The van der Waals surface area contributed by atoms with Crippen LogP contribution in [0, 0.1) is 0 Å². The number of hydrogen-bond acceptors (Lipinski definition) is 7. The molecule has 21 heavy (non-hydrogen) atoms. The van der Waals surface area contributed by atoms with E-state index in [2.05, 4.69) is 31.5 Å². The number of nitrogens with zero attached hydrogens (tertiary/aromatic N) is 5. The Balaban J connectivity index is 1.59. The van der Waals surface area contributed by atoms with Crippen LogP contribution in [0.3, 0.4) is 0 Å². The van der Waals surface area contributed by atoms with Crippen molar-refractivity contribution < 1.29 is 19.6 Å². The van der Waals surface area contributed by atoms with E-state index in [1.54, 1.807) is 0 Å². The number of hydrogen-bond donors (Lipinski definition) is 4. The first-order valence-corrected chi connectivity index (χ1v) is 6.20. The zero-order valence-electron chi connectivity index (χ0n) is 10.7. The first kappa shape index (κ1) is 13.2. The Kier molecular flexibility index (Phi) is 3.13. The minimum Gasteiger partial charge on any atom is -0.309 e. The van der Waals surface area contributed by atoms with Crippen LogP contribution in [0.15, 0.2) is 0 Å². The van der Waals surface area contributed by atoms with Crippen molar-refractivity contribution in [2.45, 2.75) is 24.9 Å². The molecule has 12 nitrogen and oxygen atoms in total. The minimum absolute atomic E-state index is 0.224. The van der Waals surface area contributed by atoms with Crippen molar-refractivity contribution >= 4 is 17.8 Å². The number of piperidine rings is 1. The molecule has 2 unspecified atom stereocenters. The number of aromatic nitrogens is 4. The quantitative estimate of drug-likeness (QED) is 0.350. The second-order valence-electron chi connectivity index (χ2n) is 4.71. The van der Waals surface area contributed by atoms with Crippen molar-refractivity contribution in [3.8, 4) is 0 Å². The number of hydrazine groups is 1. The van der Waals surface area contributed by atoms with Crippen molar-refractivity contribution in [1.82, 2.24) is 41.4 Å². The zero-order chi connectivity index (χ0) is 15.0. The highest BCUT2D eigenvalue weighted by atomic mass is 16.5. The fourth-order valence-corrected chi connectivity index (χ4v) is 2.44. The average molecular weight is 296 g/mol. The third-order valence-electron chi connectivity index (χ3n) is 3.49. The minimum atomic E-state index is -0.739. The maximum Gasteiger partial charge on any atom is 0.344 e. The number of H-pyrrole nitrogens is 1. The van der Waals surface area contributed by atoms with Gasteiger partial charge in [0.2, 0.25) is 0 Å². The number of carbonyl (C=O) groups excluding carboxylic acids is 3. The predicted molar refractivity (Wildman–Crippen MR) is 62.3 cm³/mol. The molecule has 3 heterocycles.